The number of hydrogen-bond donors (Lipinski definition) is 1. The molecule has 0 amide bonds. The Balaban J connectivity index is 4.24. The van der Waals surface area contributed by atoms with Gasteiger partial charge in [-0.25, -0.2) is 4.57 Å². The second-order valence-electron chi connectivity index (χ2n) is 18.2. The highest BCUT2D eigenvalue weighted by Crippen LogP contribution is 2.43. The summed E-state index contributed by atoms with van der Waals surface area (Å²) in [6.45, 7) is 4.44. The number of unbranched alkanes of at least 4 members (excludes halogenated alkanes) is 30. The number of phosphoric ester groups is 1. The lowest BCUT2D eigenvalue weighted by Gasteiger charge is -2.24. The van der Waals surface area contributed by atoms with E-state index >= 15 is 0 Å². The van der Waals surface area contributed by atoms with Gasteiger partial charge in [0.25, 0.3) is 0 Å². The Morgan fingerprint density at radius 3 is 1.29 bits per heavy atom. The molecule has 0 rings (SSSR count). The van der Waals surface area contributed by atoms with Crippen LogP contribution in [0.3, 0.4) is 0 Å². The number of nitrogens with zero attached hydrogens (tertiary/aromatic N) is 1. The molecule has 2 atom stereocenters. The van der Waals surface area contributed by atoms with Gasteiger partial charge in [0, 0.05) is 12.8 Å². The summed E-state index contributed by atoms with van der Waals surface area (Å²) in [7, 11) is 1.48. The highest BCUT2D eigenvalue weighted by atomic mass is 31.2. The van der Waals surface area contributed by atoms with Gasteiger partial charge in [-0.05, 0) is 38.5 Å². The predicted octanol–water partition coefficient (Wildman–Crippen LogP) is 14.5. The molecular formula is C49H97NO8P+. The van der Waals surface area contributed by atoms with Crippen LogP contribution in [0, 0.1) is 0 Å². The monoisotopic (exact) mass is 859 g/mol. The third-order valence-corrected chi connectivity index (χ3v) is 12.0. The third kappa shape index (κ3) is 46.1. The van der Waals surface area contributed by atoms with Crippen molar-refractivity contribution >= 4 is 19.8 Å². The molecule has 0 aliphatic rings. The van der Waals surface area contributed by atoms with Crippen molar-refractivity contribution in [2.75, 3.05) is 47.5 Å². The molecule has 0 radical (unpaired) electrons. The van der Waals surface area contributed by atoms with Gasteiger partial charge in [0.1, 0.15) is 19.8 Å². The van der Waals surface area contributed by atoms with Gasteiger partial charge in [-0.1, -0.05) is 199 Å². The summed E-state index contributed by atoms with van der Waals surface area (Å²) in [5.41, 5.74) is 0. The van der Waals surface area contributed by atoms with Crippen molar-refractivity contribution in [2.45, 2.75) is 245 Å². The van der Waals surface area contributed by atoms with E-state index in [9.17, 15) is 19.0 Å². The maximum Gasteiger partial charge on any atom is 0.472 e. The van der Waals surface area contributed by atoms with Crippen LogP contribution >= 0.6 is 7.82 Å². The van der Waals surface area contributed by atoms with Gasteiger partial charge in [-0.3, -0.25) is 18.6 Å². The first-order valence-corrected chi connectivity index (χ1v) is 26.4. The number of phosphoric acid groups is 1. The molecule has 0 saturated carbocycles. The Labute approximate surface area is 365 Å². The highest BCUT2D eigenvalue weighted by molar-refractivity contribution is 7.47. The van der Waals surface area contributed by atoms with Crippen LogP contribution in [0.1, 0.15) is 239 Å². The summed E-state index contributed by atoms with van der Waals surface area (Å²) in [6, 6.07) is 0. The minimum atomic E-state index is -4.38. The summed E-state index contributed by atoms with van der Waals surface area (Å²) in [5, 5.41) is 0. The van der Waals surface area contributed by atoms with Crippen molar-refractivity contribution in [2.24, 2.45) is 0 Å². The molecule has 0 heterocycles. The maximum absolute atomic E-state index is 12.7. The zero-order chi connectivity index (χ0) is 43.6. The van der Waals surface area contributed by atoms with Crippen LogP contribution in [0.25, 0.3) is 0 Å². The predicted molar refractivity (Wildman–Crippen MR) is 248 cm³/mol. The highest BCUT2D eigenvalue weighted by Gasteiger charge is 2.27. The van der Waals surface area contributed by atoms with Gasteiger partial charge in [-0.15, -0.1) is 0 Å². The van der Waals surface area contributed by atoms with Crippen molar-refractivity contribution in [3.05, 3.63) is 12.2 Å². The number of likely N-dealkylation sites (N-methyl/N-ethyl adjacent to an activating group) is 1. The molecule has 0 fully saturated rings. The van der Waals surface area contributed by atoms with Crippen molar-refractivity contribution < 1.29 is 42.1 Å². The number of ether oxygens (including phenoxy) is 2. The van der Waals surface area contributed by atoms with Gasteiger partial charge in [0.05, 0.1) is 27.7 Å². The van der Waals surface area contributed by atoms with Crippen molar-refractivity contribution in [1.82, 2.24) is 0 Å². The Morgan fingerprint density at radius 2 is 0.864 bits per heavy atom. The van der Waals surface area contributed by atoms with E-state index in [2.05, 4.69) is 26.0 Å². The first-order chi connectivity index (χ1) is 28.5. The molecular weight excluding hydrogens is 762 g/mol. The van der Waals surface area contributed by atoms with Crippen LogP contribution < -0.4 is 0 Å². The number of quaternary nitrogens is 1. The molecule has 0 aromatic carbocycles. The number of carbonyl (C=O) groups excluding carboxylic acids is 2. The SMILES string of the molecule is CCCCCCCCCCC/C=C/CCCCC(=O)O[C@H](COC(=O)CCCCCCCCCCCCCCCCCCCCCC)COP(=O)(O)OCC[N+](C)(C)C. The number of esters is 2. The average Bonchev–Trinajstić information content (AvgIpc) is 3.19. The number of hydrogen-bond acceptors (Lipinski definition) is 7. The summed E-state index contributed by atoms with van der Waals surface area (Å²) < 4.78 is 34.4. The van der Waals surface area contributed by atoms with Gasteiger partial charge >= 0.3 is 19.8 Å². The van der Waals surface area contributed by atoms with E-state index < -0.39 is 26.5 Å². The molecule has 0 saturated heterocycles. The van der Waals surface area contributed by atoms with E-state index in [4.69, 9.17) is 18.5 Å². The fourth-order valence-corrected chi connectivity index (χ4v) is 7.87. The van der Waals surface area contributed by atoms with E-state index in [0.29, 0.717) is 23.9 Å². The van der Waals surface area contributed by atoms with E-state index in [-0.39, 0.29) is 25.6 Å². The van der Waals surface area contributed by atoms with E-state index in [1.54, 1.807) is 0 Å². The first kappa shape index (κ1) is 57.8. The molecule has 0 aliphatic carbocycles. The summed E-state index contributed by atoms with van der Waals surface area (Å²) in [6.07, 6.45) is 45.5. The van der Waals surface area contributed by atoms with E-state index in [1.807, 2.05) is 21.1 Å². The average molecular weight is 859 g/mol. The maximum atomic E-state index is 12.7. The van der Waals surface area contributed by atoms with Gasteiger partial charge in [0.2, 0.25) is 0 Å². The Morgan fingerprint density at radius 1 is 0.508 bits per heavy atom. The van der Waals surface area contributed by atoms with Crippen LogP contribution in [0.4, 0.5) is 0 Å². The van der Waals surface area contributed by atoms with Crippen LogP contribution in [0.5, 0.6) is 0 Å². The fourth-order valence-electron chi connectivity index (χ4n) is 7.13. The normalized spacial score (nSPS) is 13.5. The summed E-state index contributed by atoms with van der Waals surface area (Å²) in [4.78, 5) is 35.5. The molecule has 1 N–H and O–H groups in total. The van der Waals surface area contributed by atoms with Gasteiger partial charge < -0.3 is 18.9 Å². The summed E-state index contributed by atoms with van der Waals surface area (Å²) in [5.74, 6) is -0.810. The van der Waals surface area contributed by atoms with Crippen molar-refractivity contribution in [1.29, 1.82) is 0 Å². The molecule has 59 heavy (non-hydrogen) atoms. The molecule has 0 aliphatic heterocycles. The lowest BCUT2D eigenvalue weighted by molar-refractivity contribution is -0.870. The molecule has 0 aromatic heterocycles. The van der Waals surface area contributed by atoms with Crippen LogP contribution in [0.2, 0.25) is 0 Å². The molecule has 1 unspecified atom stereocenters. The fraction of sp³-hybridized carbons (Fsp3) is 0.918. The molecule has 350 valence electrons. The van der Waals surface area contributed by atoms with Crippen LogP contribution in [-0.2, 0) is 32.7 Å². The number of rotatable bonds is 46. The van der Waals surface area contributed by atoms with Gasteiger partial charge in [-0.2, -0.15) is 0 Å². The van der Waals surface area contributed by atoms with Crippen molar-refractivity contribution in [3.63, 3.8) is 0 Å². The number of allylic oxidation sites excluding steroid dienone is 2. The minimum Gasteiger partial charge on any atom is -0.462 e. The van der Waals surface area contributed by atoms with Crippen molar-refractivity contribution in [3.8, 4) is 0 Å². The lowest BCUT2D eigenvalue weighted by atomic mass is 10.0. The van der Waals surface area contributed by atoms with E-state index in [0.717, 1.165) is 38.5 Å². The largest absolute Gasteiger partial charge is 0.472 e. The zero-order valence-electron chi connectivity index (χ0n) is 39.5. The van der Waals surface area contributed by atoms with Crippen LogP contribution in [0.15, 0.2) is 12.2 Å². The van der Waals surface area contributed by atoms with Gasteiger partial charge in [0.15, 0.2) is 6.10 Å². The Kier molecular flexibility index (Phi) is 41.2. The standard InChI is InChI=1S/C49H96NO8P/c1-6-8-10-12-14-16-18-20-22-23-24-25-26-28-29-31-33-35-37-39-41-48(51)55-45-47(46-57-59(53,54)56-44-43-50(3,4)5)58-49(52)42-40-38-36-34-32-30-27-21-19-17-15-13-11-9-7-2/h32,34,47H,6-31,33,35-46H2,1-5H3/p+1/b34-32+/t47-/m1/s1. The molecule has 9 nitrogen and oxygen atoms in total. The molecule has 0 spiro atoms. The third-order valence-electron chi connectivity index (χ3n) is 11.0. The minimum absolute atomic E-state index is 0.0316. The smallest absolute Gasteiger partial charge is 0.462 e. The second kappa shape index (κ2) is 42.1. The first-order valence-electron chi connectivity index (χ1n) is 24.9. The van der Waals surface area contributed by atoms with E-state index in [1.165, 1.54) is 167 Å². The van der Waals surface area contributed by atoms with Crippen LogP contribution in [-0.4, -0.2) is 74.9 Å². The molecule has 0 bridgehead atoms. The number of carbonyl (C=O) groups is 2. The lowest BCUT2D eigenvalue weighted by Crippen LogP contribution is -2.37. The quantitative estimate of drug-likeness (QED) is 0.0212. The zero-order valence-corrected chi connectivity index (χ0v) is 40.4. The second-order valence-corrected chi connectivity index (χ2v) is 19.7. The topological polar surface area (TPSA) is 108 Å². The summed E-state index contributed by atoms with van der Waals surface area (Å²) >= 11 is 0. The molecule has 0 aromatic rings. The Bertz CT molecular complexity index is 1020. The molecule has 10 heteroatoms. The Hall–Kier alpha value is -1.25.